The van der Waals surface area contributed by atoms with Crippen LogP contribution in [0.3, 0.4) is 0 Å². The number of halogens is 1. The second-order valence-corrected chi connectivity index (χ2v) is 6.08. The van der Waals surface area contributed by atoms with Crippen molar-refractivity contribution in [1.29, 1.82) is 0 Å². The molecule has 0 radical (unpaired) electrons. The van der Waals surface area contributed by atoms with Crippen LogP contribution in [-0.4, -0.2) is 10.8 Å². The van der Waals surface area contributed by atoms with E-state index >= 15 is 0 Å². The quantitative estimate of drug-likeness (QED) is 0.665. The van der Waals surface area contributed by atoms with Crippen molar-refractivity contribution < 1.29 is 4.79 Å². The Labute approximate surface area is 141 Å². The molecule has 0 amide bonds. The molecule has 1 heterocycles. The normalized spacial score (nSPS) is 12.1. The van der Waals surface area contributed by atoms with E-state index in [0.717, 1.165) is 22.5 Å². The number of ketones is 1. The van der Waals surface area contributed by atoms with Gasteiger partial charge in [-0.1, -0.05) is 60.1 Å². The van der Waals surface area contributed by atoms with Gasteiger partial charge in [0.2, 0.25) is 0 Å². The van der Waals surface area contributed by atoms with Gasteiger partial charge in [0.05, 0.1) is 0 Å². The Morgan fingerprint density at radius 3 is 2.39 bits per heavy atom. The van der Waals surface area contributed by atoms with E-state index in [1.165, 1.54) is 0 Å². The average molecular weight is 324 g/mol. The topological polar surface area (TPSA) is 32.9 Å². The number of aromatic amines is 1. The van der Waals surface area contributed by atoms with Gasteiger partial charge < -0.3 is 4.98 Å². The number of benzene rings is 2. The highest BCUT2D eigenvalue weighted by Crippen LogP contribution is 2.33. The average Bonchev–Trinajstić information content (AvgIpc) is 3.04. The lowest BCUT2D eigenvalue weighted by Crippen LogP contribution is -2.07. The highest BCUT2D eigenvalue weighted by molar-refractivity contribution is 6.31. The van der Waals surface area contributed by atoms with Crippen LogP contribution in [0, 0.1) is 0 Å². The van der Waals surface area contributed by atoms with Gasteiger partial charge in [-0.2, -0.15) is 0 Å². The summed E-state index contributed by atoms with van der Waals surface area (Å²) in [4.78, 5) is 15.2. The van der Waals surface area contributed by atoms with E-state index in [9.17, 15) is 4.79 Å². The van der Waals surface area contributed by atoms with E-state index in [-0.39, 0.29) is 11.7 Å². The van der Waals surface area contributed by atoms with E-state index in [1.807, 2.05) is 48.5 Å². The summed E-state index contributed by atoms with van der Waals surface area (Å²) in [5, 5.41) is 0.689. The molecule has 1 aromatic heterocycles. The molecule has 0 aliphatic carbocycles. The standard InChI is InChI=1S/C20H18ClNO/c1-14(23)13-17(16-9-5-6-10-18(16)21)20-12-11-19(22-20)15-7-3-2-4-8-15/h2-12,17,22H,13H2,1H3. The number of carbonyl (C=O) groups excluding carboxylic acids is 1. The van der Waals surface area contributed by atoms with E-state index in [1.54, 1.807) is 6.92 Å². The number of Topliss-reactive ketones (excluding diaryl/α,β-unsaturated/α-hetero) is 1. The van der Waals surface area contributed by atoms with Gasteiger partial charge in [0, 0.05) is 28.7 Å². The van der Waals surface area contributed by atoms with Crippen molar-refractivity contribution in [2.24, 2.45) is 0 Å². The lowest BCUT2D eigenvalue weighted by Gasteiger charge is -2.16. The molecule has 0 saturated heterocycles. The molecule has 1 unspecified atom stereocenters. The maximum absolute atomic E-state index is 11.7. The molecule has 0 saturated carbocycles. The number of rotatable bonds is 5. The monoisotopic (exact) mass is 323 g/mol. The second kappa shape index (κ2) is 6.84. The predicted molar refractivity (Wildman–Crippen MR) is 94.8 cm³/mol. The molecule has 1 atom stereocenters. The number of aromatic nitrogens is 1. The molecule has 0 spiro atoms. The maximum Gasteiger partial charge on any atom is 0.130 e. The summed E-state index contributed by atoms with van der Waals surface area (Å²) in [7, 11) is 0. The maximum atomic E-state index is 11.7. The Bertz CT molecular complexity index is 807. The first-order chi connectivity index (χ1) is 11.1. The summed E-state index contributed by atoms with van der Waals surface area (Å²) in [5.41, 5.74) is 4.15. The minimum atomic E-state index is -0.0568. The van der Waals surface area contributed by atoms with Gasteiger partial charge >= 0.3 is 0 Å². The van der Waals surface area contributed by atoms with Gasteiger partial charge in [0.25, 0.3) is 0 Å². The molecular weight excluding hydrogens is 306 g/mol. The molecule has 3 rings (SSSR count). The van der Waals surface area contributed by atoms with Crippen molar-refractivity contribution in [3.8, 4) is 11.3 Å². The predicted octanol–water partition coefficient (Wildman–Crippen LogP) is 5.45. The molecule has 116 valence electrons. The van der Waals surface area contributed by atoms with Gasteiger partial charge in [0.15, 0.2) is 0 Å². The first-order valence-corrected chi connectivity index (χ1v) is 8.01. The first-order valence-electron chi connectivity index (χ1n) is 7.63. The third-order valence-corrected chi connectivity index (χ3v) is 4.29. The lowest BCUT2D eigenvalue weighted by atomic mass is 9.91. The van der Waals surface area contributed by atoms with E-state index < -0.39 is 0 Å². The number of H-pyrrole nitrogens is 1. The first kappa shape index (κ1) is 15.6. The van der Waals surface area contributed by atoms with Crippen molar-refractivity contribution in [3.05, 3.63) is 83.0 Å². The van der Waals surface area contributed by atoms with Crippen LogP contribution < -0.4 is 0 Å². The van der Waals surface area contributed by atoms with Crippen molar-refractivity contribution >= 4 is 17.4 Å². The molecule has 2 aromatic carbocycles. The van der Waals surface area contributed by atoms with Crippen LogP contribution in [0.25, 0.3) is 11.3 Å². The summed E-state index contributed by atoms with van der Waals surface area (Å²) in [6, 6.07) is 21.9. The molecule has 23 heavy (non-hydrogen) atoms. The molecule has 3 aromatic rings. The lowest BCUT2D eigenvalue weighted by molar-refractivity contribution is -0.117. The zero-order valence-electron chi connectivity index (χ0n) is 12.9. The summed E-state index contributed by atoms with van der Waals surface area (Å²) in [6.45, 7) is 1.62. The fraction of sp³-hybridized carbons (Fsp3) is 0.150. The van der Waals surface area contributed by atoms with Gasteiger partial charge in [0.1, 0.15) is 5.78 Å². The Morgan fingerprint density at radius 1 is 1.00 bits per heavy atom. The van der Waals surface area contributed by atoms with Crippen LogP contribution in [0.2, 0.25) is 5.02 Å². The summed E-state index contributed by atoms with van der Waals surface area (Å²) < 4.78 is 0. The molecule has 1 N–H and O–H groups in total. The Morgan fingerprint density at radius 2 is 1.70 bits per heavy atom. The minimum Gasteiger partial charge on any atom is -0.358 e. The smallest absolute Gasteiger partial charge is 0.130 e. The SMILES string of the molecule is CC(=O)CC(c1ccc(-c2ccccc2)[nH]1)c1ccccc1Cl. The Balaban J connectivity index is 2.00. The minimum absolute atomic E-state index is 0.0568. The molecule has 0 bridgehead atoms. The van der Waals surface area contributed by atoms with Gasteiger partial charge in [-0.15, -0.1) is 0 Å². The van der Waals surface area contributed by atoms with E-state index in [0.29, 0.717) is 11.4 Å². The van der Waals surface area contributed by atoms with E-state index in [2.05, 4.69) is 23.2 Å². The van der Waals surface area contributed by atoms with Gasteiger partial charge in [-0.05, 0) is 36.2 Å². The van der Waals surface area contributed by atoms with Crippen LogP contribution in [-0.2, 0) is 4.79 Å². The largest absolute Gasteiger partial charge is 0.358 e. The van der Waals surface area contributed by atoms with Gasteiger partial charge in [-0.25, -0.2) is 0 Å². The summed E-state index contributed by atoms with van der Waals surface area (Å²) in [6.07, 6.45) is 0.429. The number of hydrogen-bond acceptors (Lipinski definition) is 1. The third-order valence-electron chi connectivity index (χ3n) is 3.94. The summed E-state index contributed by atoms with van der Waals surface area (Å²) in [5.74, 6) is 0.0874. The van der Waals surface area contributed by atoms with Crippen molar-refractivity contribution in [2.45, 2.75) is 19.3 Å². The number of carbonyl (C=O) groups is 1. The van der Waals surface area contributed by atoms with Crippen LogP contribution in [0.4, 0.5) is 0 Å². The van der Waals surface area contributed by atoms with E-state index in [4.69, 9.17) is 11.6 Å². The van der Waals surface area contributed by atoms with Crippen molar-refractivity contribution in [2.75, 3.05) is 0 Å². The van der Waals surface area contributed by atoms with Crippen molar-refractivity contribution in [3.63, 3.8) is 0 Å². The van der Waals surface area contributed by atoms with Crippen LogP contribution in [0.1, 0.15) is 30.5 Å². The second-order valence-electron chi connectivity index (χ2n) is 5.67. The van der Waals surface area contributed by atoms with Crippen LogP contribution in [0.15, 0.2) is 66.7 Å². The molecule has 3 heteroatoms. The number of hydrogen-bond donors (Lipinski definition) is 1. The highest BCUT2D eigenvalue weighted by atomic mass is 35.5. The molecular formula is C20H18ClNO. The summed E-state index contributed by atoms with van der Waals surface area (Å²) >= 11 is 6.35. The van der Waals surface area contributed by atoms with Gasteiger partial charge in [-0.3, -0.25) is 4.79 Å². The molecule has 0 fully saturated rings. The van der Waals surface area contributed by atoms with Crippen molar-refractivity contribution in [1.82, 2.24) is 4.98 Å². The highest BCUT2D eigenvalue weighted by Gasteiger charge is 2.20. The molecule has 0 aliphatic rings. The fourth-order valence-electron chi connectivity index (χ4n) is 2.83. The molecule has 2 nitrogen and oxygen atoms in total. The fourth-order valence-corrected chi connectivity index (χ4v) is 3.10. The van der Waals surface area contributed by atoms with Crippen LogP contribution in [0.5, 0.6) is 0 Å². The number of nitrogens with one attached hydrogen (secondary N) is 1. The Kier molecular flexibility index (Phi) is 4.63. The molecule has 0 aliphatic heterocycles. The zero-order chi connectivity index (χ0) is 16.2. The van der Waals surface area contributed by atoms with Crippen LogP contribution >= 0.6 is 11.6 Å². The third kappa shape index (κ3) is 3.54. The Hall–Kier alpha value is -2.32. The zero-order valence-corrected chi connectivity index (χ0v) is 13.7.